The van der Waals surface area contributed by atoms with Gasteiger partial charge in [0, 0.05) is 24.8 Å². The molecule has 0 amide bonds. The van der Waals surface area contributed by atoms with E-state index >= 15 is 0 Å². The number of benzene rings is 1. The third-order valence-electron chi connectivity index (χ3n) is 4.00. The molecule has 1 saturated heterocycles. The lowest BCUT2D eigenvalue weighted by atomic mass is 10.0. The first-order chi connectivity index (χ1) is 8.61. The number of anilines is 1. The Bertz CT molecular complexity index is 401. The van der Waals surface area contributed by atoms with Gasteiger partial charge in [-0.1, -0.05) is 6.07 Å². The second kappa shape index (κ2) is 5.72. The first-order valence-electron chi connectivity index (χ1n) is 6.83. The van der Waals surface area contributed by atoms with Crippen molar-refractivity contribution in [2.45, 2.75) is 25.8 Å². The molecule has 1 aliphatic heterocycles. The maximum atomic E-state index is 5.63. The summed E-state index contributed by atoms with van der Waals surface area (Å²) >= 11 is 0. The van der Waals surface area contributed by atoms with Gasteiger partial charge in [0.15, 0.2) is 0 Å². The highest BCUT2D eigenvalue weighted by molar-refractivity contribution is 5.52. The molecule has 1 atom stereocenters. The van der Waals surface area contributed by atoms with Crippen LogP contribution in [-0.2, 0) is 6.42 Å². The Labute approximate surface area is 111 Å². The fraction of sp³-hybridized carbons (Fsp3) is 0.600. The fourth-order valence-electron chi connectivity index (χ4n) is 2.71. The summed E-state index contributed by atoms with van der Waals surface area (Å²) in [6.07, 6.45) is 2.24. The molecule has 1 aliphatic rings. The Hall–Kier alpha value is -1.06. The van der Waals surface area contributed by atoms with E-state index < -0.39 is 0 Å². The summed E-state index contributed by atoms with van der Waals surface area (Å²) < 4.78 is 0. The van der Waals surface area contributed by atoms with Crippen molar-refractivity contribution in [3.8, 4) is 0 Å². The van der Waals surface area contributed by atoms with Crippen molar-refractivity contribution in [1.29, 1.82) is 0 Å². The molecule has 1 fully saturated rings. The molecule has 0 spiro atoms. The summed E-state index contributed by atoms with van der Waals surface area (Å²) in [6, 6.07) is 7.48. The van der Waals surface area contributed by atoms with Crippen LogP contribution in [-0.4, -0.2) is 44.7 Å². The van der Waals surface area contributed by atoms with Gasteiger partial charge in [0.1, 0.15) is 0 Å². The van der Waals surface area contributed by atoms with E-state index in [2.05, 4.69) is 49.0 Å². The molecule has 18 heavy (non-hydrogen) atoms. The molecule has 1 aromatic carbocycles. The third-order valence-corrected chi connectivity index (χ3v) is 4.00. The van der Waals surface area contributed by atoms with Crippen LogP contribution < -0.4 is 10.6 Å². The first kappa shape index (κ1) is 13.4. The van der Waals surface area contributed by atoms with Crippen molar-refractivity contribution in [3.63, 3.8) is 0 Å². The zero-order chi connectivity index (χ0) is 13.1. The molecule has 3 nitrogen and oxygen atoms in total. The van der Waals surface area contributed by atoms with Gasteiger partial charge in [-0.15, -0.1) is 0 Å². The monoisotopic (exact) mass is 247 g/mol. The SMILES string of the molecule is Cc1cc(N2CCC(N(C)C)C2)ccc1CCN. The van der Waals surface area contributed by atoms with Gasteiger partial charge in [0.2, 0.25) is 0 Å². The van der Waals surface area contributed by atoms with Gasteiger partial charge in [0.05, 0.1) is 0 Å². The van der Waals surface area contributed by atoms with Crippen LogP contribution in [0.5, 0.6) is 0 Å². The minimum Gasteiger partial charge on any atom is -0.370 e. The van der Waals surface area contributed by atoms with Gasteiger partial charge in [-0.3, -0.25) is 0 Å². The van der Waals surface area contributed by atoms with Gasteiger partial charge in [0.25, 0.3) is 0 Å². The molecule has 100 valence electrons. The van der Waals surface area contributed by atoms with Crippen molar-refractivity contribution >= 4 is 5.69 Å². The Morgan fingerprint density at radius 3 is 2.72 bits per heavy atom. The van der Waals surface area contributed by atoms with Crippen LogP contribution >= 0.6 is 0 Å². The average Bonchev–Trinajstić information content (AvgIpc) is 2.81. The molecule has 1 unspecified atom stereocenters. The summed E-state index contributed by atoms with van der Waals surface area (Å²) in [6.45, 7) is 5.22. The lowest BCUT2D eigenvalue weighted by molar-refractivity contribution is 0.315. The quantitative estimate of drug-likeness (QED) is 0.878. The number of hydrogen-bond acceptors (Lipinski definition) is 3. The highest BCUT2D eigenvalue weighted by atomic mass is 15.2. The Morgan fingerprint density at radius 2 is 2.17 bits per heavy atom. The maximum absolute atomic E-state index is 5.63. The molecule has 1 aromatic rings. The van der Waals surface area contributed by atoms with Crippen molar-refractivity contribution < 1.29 is 0 Å². The maximum Gasteiger partial charge on any atom is 0.0369 e. The Morgan fingerprint density at radius 1 is 1.39 bits per heavy atom. The van der Waals surface area contributed by atoms with Crippen LogP contribution in [0.2, 0.25) is 0 Å². The Kier molecular flexibility index (Phi) is 4.25. The Balaban J connectivity index is 2.08. The van der Waals surface area contributed by atoms with E-state index in [9.17, 15) is 0 Å². The van der Waals surface area contributed by atoms with Gasteiger partial charge >= 0.3 is 0 Å². The standard InChI is InChI=1S/C15H25N3/c1-12-10-14(5-4-13(12)6-8-16)18-9-7-15(11-18)17(2)3/h4-5,10,15H,6-9,11,16H2,1-3H3. The van der Waals surface area contributed by atoms with Gasteiger partial charge in [-0.05, 0) is 63.7 Å². The van der Waals surface area contributed by atoms with E-state index in [-0.39, 0.29) is 0 Å². The first-order valence-corrected chi connectivity index (χ1v) is 6.83. The summed E-state index contributed by atoms with van der Waals surface area (Å²) in [5, 5.41) is 0. The number of nitrogens with two attached hydrogens (primary N) is 1. The molecule has 1 heterocycles. The molecule has 0 aliphatic carbocycles. The molecule has 0 aromatic heterocycles. The van der Waals surface area contributed by atoms with E-state index in [1.54, 1.807) is 0 Å². The number of aryl methyl sites for hydroxylation is 1. The predicted molar refractivity (Wildman–Crippen MR) is 78.2 cm³/mol. The number of hydrogen-bond donors (Lipinski definition) is 1. The normalized spacial score (nSPS) is 19.8. The van der Waals surface area contributed by atoms with Gasteiger partial charge in [-0.2, -0.15) is 0 Å². The van der Waals surface area contributed by atoms with E-state index in [4.69, 9.17) is 5.73 Å². The van der Waals surface area contributed by atoms with Crippen LogP contribution in [0.25, 0.3) is 0 Å². The highest BCUT2D eigenvalue weighted by Gasteiger charge is 2.24. The van der Waals surface area contributed by atoms with E-state index in [1.807, 2.05) is 0 Å². The van der Waals surface area contributed by atoms with E-state index in [1.165, 1.54) is 29.8 Å². The van der Waals surface area contributed by atoms with E-state index in [0.29, 0.717) is 6.04 Å². The molecule has 2 N–H and O–H groups in total. The largest absolute Gasteiger partial charge is 0.370 e. The summed E-state index contributed by atoms with van der Waals surface area (Å²) in [5.41, 5.74) is 9.73. The lowest BCUT2D eigenvalue weighted by Crippen LogP contribution is -2.31. The zero-order valence-electron chi connectivity index (χ0n) is 11.8. The van der Waals surface area contributed by atoms with Crippen LogP contribution in [0.3, 0.4) is 0 Å². The number of rotatable bonds is 4. The van der Waals surface area contributed by atoms with Crippen LogP contribution in [0.15, 0.2) is 18.2 Å². The summed E-state index contributed by atoms with van der Waals surface area (Å²) in [5.74, 6) is 0. The lowest BCUT2D eigenvalue weighted by Gasteiger charge is -2.22. The van der Waals surface area contributed by atoms with Crippen LogP contribution in [0.1, 0.15) is 17.5 Å². The molecule has 3 heteroatoms. The number of likely N-dealkylation sites (N-methyl/N-ethyl adjacent to an activating group) is 1. The molecule has 2 rings (SSSR count). The van der Waals surface area contributed by atoms with Crippen molar-refractivity contribution in [1.82, 2.24) is 4.90 Å². The van der Waals surface area contributed by atoms with Crippen molar-refractivity contribution in [2.24, 2.45) is 5.73 Å². The van der Waals surface area contributed by atoms with Gasteiger partial charge in [-0.25, -0.2) is 0 Å². The summed E-state index contributed by atoms with van der Waals surface area (Å²) in [7, 11) is 4.34. The number of nitrogens with zero attached hydrogens (tertiary/aromatic N) is 2. The fourth-order valence-corrected chi connectivity index (χ4v) is 2.71. The molecular weight excluding hydrogens is 222 g/mol. The van der Waals surface area contributed by atoms with E-state index in [0.717, 1.165) is 19.5 Å². The third kappa shape index (κ3) is 2.85. The average molecular weight is 247 g/mol. The van der Waals surface area contributed by atoms with Gasteiger partial charge < -0.3 is 15.5 Å². The smallest absolute Gasteiger partial charge is 0.0369 e. The molecule has 0 bridgehead atoms. The zero-order valence-corrected chi connectivity index (χ0v) is 11.8. The predicted octanol–water partition coefficient (Wildman–Crippen LogP) is 1.64. The van der Waals surface area contributed by atoms with Crippen LogP contribution in [0, 0.1) is 6.92 Å². The molecule has 0 saturated carbocycles. The second-order valence-electron chi connectivity index (χ2n) is 5.50. The second-order valence-corrected chi connectivity index (χ2v) is 5.50. The van der Waals surface area contributed by atoms with Crippen molar-refractivity contribution in [3.05, 3.63) is 29.3 Å². The molecular formula is C15H25N3. The summed E-state index contributed by atoms with van der Waals surface area (Å²) in [4.78, 5) is 4.82. The molecule has 0 radical (unpaired) electrons. The van der Waals surface area contributed by atoms with Crippen LogP contribution in [0.4, 0.5) is 5.69 Å². The highest BCUT2D eigenvalue weighted by Crippen LogP contribution is 2.24. The minimum absolute atomic E-state index is 0.689. The topological polar surface area (TPSA) is 32.5 Å². The minimum atomic E-state index is 0.689. The van der Waals surface area contributed by atoms with Crippen molar-refractivity contribution in [2.75, 3.05) is 38.6 Å².